The third-order valence-corrected chi connectivity index (χ3v) is 4.51. The largest absolute Gasteiger partial charge is 0.495 e. The summed E-state index contributed by atoms with van der Waals surface area (Å²) in [5, 5.41) is 3.11. The maximum absolute atomic E-state index is 12.3. The van der Waals surface area contributed by atoms with E-state index in [0.717, 1.165) is 4.70 Å². The fraction of sp³-hybridized carbons (Fsp3) is 0.167. The Morgan fingerprint density at radius 2 is 2.00 bits per heavy atom. The summed E-state index contributed by atoms with van der Waals surface area (Å²) in [5.74, 6) is -0.528. The number of hydrogen-bond acceptors (Lipinski definition) is 7. The zero-order chi connectivity index (χ0) is 18.7. The van der Waals surface area contributed by atoms with Crippen molar-refractivity contribution in [3.05, 3.63) is 48.0 Å². The van der Waals surface area contributed by atoms with Crippen molar-refractivity contribution in [1.82, 2.24) is 4.98 Å². The second-order valence-electron chi connectivity index (χ2n) is 5.47. The number of nitrogens with zero attached hydrogens (tertiary/aromatic N) is 1. The SMILES string of the molecule is COc1ccccc1NC(=O)C(C)OC(=O)c1ccc2nc(N)sc2c1. The average molecular weight is 371 g/mol. The number of methoxy groups -OCH3 is 1. The monoisotopic (exact) mass is 371 g/mol. The molecule has 0 bridgehead atoms. The van der Waals surface area contributed by atoms with E-state index in [2.05, 4.69) is 10.3 Å². The lowest BCUT2D eigenvalue weighted by Crippen LogP contribution is -2.30. The smallest absolute Gasteiger partial charge is 0.338 e. The van der Waals surface area contributed by atoms with Gasteiger partial charge in [0.1, 0.15) is 5.75 Å². The fourth-order valence-corrected chi connectivity index (χ4v) is 3.11. The molecule has 134 valence electrons. The van der Waals surface area contributed by atoms with Crippen LogP contribution < -0.4 is 15.8 Å². The van der Waals surface area contributed by atoms with Crippen LogP contribution in [0.25, 0.3) is 10.2 Å². The van der Waals surface area contributed by atoms with E-state index >= 15 is 0 Å². The molecular formula is C18H17N3O4S. The van der Waals surface area contributed by atoms with Crippen LogP contribution in [0.2, 0.25) is 0 Å². The number of carbonyl (C=O) groups is 2. The first-order valence-corrected chi connectivity index (χ1v) is 8.60. The fourth-order valence-electron chi connectivity index (χ4n) is 2.33. The Kier molecular flexibility index (Phi) is 5.04. The molecule has 1 amide bonds. The topological polar surface area (TPSA) is 104 Å². The van der Waals surface area contributed by atoms with E-state index in [1.807, 2.05) is 0 Å². The highest BCUT2D eigenvalue weighted by Gasteiger charge is 2.20. The van der Waals surface area contributed by atoms with Crippen LogP contribution in [0.3, 0.4) is 0 Å². The number of anilines is 2. The molecule has 3 rings (SSSR count). The van der Waals surface area contributed by atoms with Gasteiger partial charge in [0.15, 0.2) is 11.2 Å². The van der Waals surface area contributed by atoms with Gasteiger partial charge < -0.3 is 20.5 Å². The van der Waals surface area contributed by atoms with E-state index < -0.39 is 18.0 Å². The van der Waals surface area contributed by atoms with Crippen LogP contribution in [0.5, 0.6) is 5.75 Å². The second-order valence-corrected chi connectivity index (χ2v) is 6.53. The molecule has 2 aromatic carbocycles. The predicted octanol–water partition coefficient (Wildman–Crippen LogP) is 3.07. The van der Waals surface area contributed by atoms with Crippen molar-refractivity contribution < 1.29 is 19.1 Å². The molecule has 0 saturated carbocycles. The van der Waals surface area contributed by atoms with Crippen LogP contribution >= 0.6 is 11.3 Å². The number of carbonyl (C=O) groups excluding carboxylic acids is 2. The van der Waals surface area contributed by atoms with Gasteiger partial charge in [0.2, 0.25) is 0 Å². The lowest BCUT2D eigenvalue weighted by Gasteiger charge is -2.15. The summed E-state index contributed by atoms with van der Waals surface area (Å²) in [6.45, 7) is 1.51. The summed E-state index contributed by atoms with van der Waals surface area (Å²) in [5.41, 5.74) is 7.21. The van der Waals surface area contributed by atoms with E-state index in [0.29, 0.717) is 27.6 Å². The quantitative estimate of drug-likeness (QED) is 0.668. The zero-order valence-corrected chi connectivity index (χ0v) is 15.0. The van der Waals surface area contributed by atoms with Crippen LogP contribution in [0.15, 0.2) is 42.5 Å². The molecule has 26 heavy (non-hydrogen) atoms. The molecule has 3 N–H and O–H groups in total. The number of para-hydroxylation sites is 2. The van der Waals surface area contributed by atoms with Gasteiger partial charge in [-0.3, -0.25) is 4.79 Å². The summed E-state index contributed by atoms with van der Waals surface area (Å²) in [6, 6.07) is 11.9. The molecule has 0 fully saturated rings. The van der Waals surface area contributed by atoms with Crippen LogP contribution in [-0.4, -0.2) is 30.1 Å². The van der Waals surface area contributed by atoms with Gasteiger partial charge in [-0.05, 0) is 37.3 Å². The number of nitrogen functional groups attached to an aromatic ring is 1. The number of ether oxygens (including phenoxy) is 2. The molecule has 3 aromatic rings. The molecule has 0 aliphatic carbocycles. The summed E-state index contributed by atoms with van der Waals surface area (Å²) in [7, 11) is 1.51. The van der Waals surface area contributed by atoms with Crippen LogP contribution in [0.4, 0.5) is 10.8 Å². The molecule has 1 unspecified atom stereocenters. The normalized spacial score (nSPS) is 11.8. The first-order valence-electron chi connectivity index (χ1n) is 7.79. The molecule has 0 aliphatic heterocycles. The molecule has 7 nitrogen and oxygen atoms in total. The maximum Gasteiger partial charge on any atom is 0.338 e. The highest BCUT2D eigenvalue weighted by atomic mass is 32.1. The Balaban J connectivity index is 1.68. The molecule has 0 spiro atoms. The molecule has 8 heteroatoms. The number of nitrogens with two attached hydrogens (primary N) is 1. The average Bonchev–Trinajstić information content (AvgIpc) is 3.01. The molecular weight excluding hydrogens is 354 g/mol. The molecule has 0 radical (unpaired) electrons. The Morgan fingerprint density at radius 3 is 2.77 bits per heavy atom. The molecule has 1 heterocycles. The molecule has 1 atom stereocenters. The van der Waals surface area contributed by atoms with E-state index in [-0.39, 0.29) is 0 Å². The third kappa shape index (κ3) is 3.75. The van der Waals surface area contributed by atoms with Gasteiger partial charge in [0.25, 0.3) is 5.91 Å². The first-order chi connectivity index (χ1) is 12.5. The Morgan fingerprint density at radius 1 is 1.23 bits per heavy atom. The Hall–Kier alpha value is -3.13. The van der Waals surface area contributed by atoms with Crippen LogP contribution in [0, 0.1) is 0 Å². The van der Waals surface area contributed by atoms with Gasteiger partial charge in [-0.2, -0.15) is 0 Å². The maximum atomic E-state index is 12.3. The van der Waals surface area contributed by atoms with Gasteiger partial charge in [-0.15, -0.1) is 0 Å². The zero-order valence-electron chi connectivity index (χ0n) is 14.2. The minimum atomic E-state index is -0.977. The highest BCUT2D eigenvalue weighted by molar-refractivity contribution is 7.22. The number of aromatic nitrogens is 1. The van der Waals surface area contributed by atoms with Gasteiger partial charge in [0.05, 0.1) is 28.6 Å². The minimum absolute atomic E-state index is 0.332. The van der Waals surface area contributed by atoms with E-state index in [9.17, 15) is 9.59 Å². The summed E-state index contributed by atoms with van der Waals surface area (Å²) < 4.78 is 11.2. The number of benzene rings is 2. The number of rotatable bonds is 5. The van der Waals surface area contributed by atoms with Crippen molar-refractivity contribution in [1.29, 1.82) is 0 Å². The second kappa shape index (κ2) is 7.40. The van der Waals surface area contributed by atoms with Gasteiger partial charge >= 0.3 is 5.97 Å². The third-order valence-electron chi connectivity index (χ3n) is 3.66. The van der Waals surface area contributed by atoms with Crippen molar-refractivity contribution in [2.24, 2.45) is 0 Å². The number of thiazole rings is 1. The van der Waals surface area contributed by atoms with Crippen molar-refractivity contribution in [2.45, 2.75) is 13.0 Å². The van der Waals surface area contributed by atoms with E-state index in [1.54, 1.807) is 42.5 Å². The number of hydrogen-bond donors (Lipinski definition) is 2. The van der Waals surface area contributed by atoms with Crippen LogP contribution in [-0.2, 0) is 9.53 Å². The van der Waals surface area contributed by atoms with Crippen molar-refractivity contribution in [3.63, 3.8) is 0 Å². The minimum Gasteiger partial charge on any atom is -0.495 e. The summed E-state index contributed by atoms with van der Waals surface area (Å²) >= 11 is 1.28. The Bertz CT molecular complexity index is 970. The van der Waals surface area contributed by atoms with Crippen molar-refractivity contribution in [3.8, 4) is 5.75 Å². The van der Waals surface area contributed by atoms with E-state index in [4.69, 9.17) is 15.2 Å². The van der Waals surface area contributed by atoms with Crippen molar-refractivity contribution in [2.75, 3.05) is 18.2 Å². The first kappa shape index (κ1) is 17.7. The lowest BCUT2D eigenvalue weighted by atomic mass is 10.2. The van der Waals surface area contributed by atoms with Crippen LogP contribution in [0.1, 0.15) is 17.3 Å². The Labute approximate surface area is 153 Å². The summed E-state index contributed by atoms with van der Waals surface area (Å²) in [4.78, 5) is 28.7. The number of nitrogens with one attached hydrogen (secondary N) is 1. The highest BCUT2D eigenvalue weighted by Crippen LogP contribution is 2.25. The molecule has 0 saturated heterocycles. The predicted molar refractivity (Wildman–Crippen MR) is 101 cm³/mol. The van der Waals surface area contributed by atoms with Crippen molar-refractivity contribution >= 4 is 44.2 Å². The number of esters is 1. The van der Waals surface area contributed by atoms with Gasteiger partial charge in [0, 0.05) is 0 Å². The lowest BCUT2D eigenvalue weighted by molar-refractivity contribution is -0.123. The standard InChI is InChI=1S/C18H17N3O4S/c1-10(16(22)20-12-5-3-4-6-14(12)24-2)25-17(23)11-7-8-13-15(9-11)26-18(19)21-13/h3-10H,1-2H3,(H2,19,21)(H,20,22). The van der Waals surface area contributed by atoms with Gasteiger partial charge in [-0.1, -0.05) is 23.5 Å². The number of amides is 1. The van der Waals surface area contributed by atoms with Gasteiger partial charge in [-0.25, -0.2) is 9.78 Å². The molecule has 1 aromatic heterocycles. The van der Waals surface area contributed by atoms with E-state index in [1.165, 1.54) is 25.4 Å². The summed E-state index contributed by atoms with van der Waals surface area (Å²) in [6.07, 6.45) is -0.977. The molecule has 0 aliphatic rings. The number of fused-ring (bicyclic) bond motifs is 1.